The molecule has 4 aliphatic heterocycles. The van der Waals surface area contributed by atoms with Gasteiger partial charge in [0.05, 0.1) is 16.3 Å². The number of carbonyl (C=O) groups is 6. The van der Waals surface area contributed by atoms with Crippen LogP contribution in [-0.2, 0) is 47.8 Å². The Kier molecular flexibility index (Phi) is 12.4. The minimum Gasteiger partial charge on any atom is -0.436 e. The Morgan fingerprint density at radius 1 is 0.950 bits per heavy atom. The summed E-state index contributed by atoms with van der Waals surface area (Å²) in [7, 11) is 3.27. The van der Waals surface area contributed by atoms with Crippen LogP contribution in [0.3, 0.4) is 0 Å². The van der Waals surface area contributed by atoms with Gasteiger partial charge in [-0.2, -0.15) is 18.2 Å². The number of piperidine rings is 3. The number of carbonyl (C=O) groups excluding carboxylic acids is 6. The minimum atomic E-state index is -4.89. The van der Waals surface area contributed by atoms with Gasteiger partial charge in [0.1, 0.15) is 6.61 Å². The highest BCUT2D eigenvalue weighted by molar-refractivity contribution is 6.67. The monoisotopic (exact) mass is 859 g/mol. The minimum absolute atomic E-state index is 0.0213. The molecule has 2 atom stereocenters. The van der Waals surface area contributed by atoms with Crippen molar-refractivity contribution in [1.82, 2.24) is 24.7 Å². The number of nitrogens with one attached hydrogen (secondary N) is 1. The molecule has 0 bridgehead atoms. The molecule has 60 heavy (non-hydrogen) atoms. The summed E-state index contributed by atoms with van der Waals surface area (Å²) in [6, 6.07) is 9.01. The highest BCUT2D eigenvalue weighted by Crippen LogP contribution is 2.48. The summed E-state index contributed by atoms with van der Waals surface area (Å²) in [4.78, 5) is 91.4. The molecule has 2 aromatic carbocycles. The van der Waals surface area contributed by atoms with Crippen molar-refractivity contribution in [3.8, 4) is 0 Å². The van der Waals surface area contributed by atoms with Gasteiger partial charge in [-0.05, 0) is 86.1 Å². The van der Waals surface area contributed by atoms with Gasteiger partial charge < -0.3 is 35.4 Å². The van der Waals surface area contributed by atoms with E-state index in [1.54, 1.807) is 24.1 Å². The Bertz CT molecular complexity index is 2020. The number of nitrogens with two attached hydrogens (primary N) is 1. The van der Waals surface area contributed by atoms with E-state index in [0.29, 0.717) is 58.2 Å². The standard InChI is InChI=1S/C41H49ClF3N7O8/c1-48(2)33(53)23-59-50-15-7-25(8-16-50)27-10-18-52(40(22-27)35(54)36(40)55)37(56)32(21-24-19-29(41(43,44)45)34(46)30(42)20-24)60-39(58)49-13-11-28(12-14-49)51-17-9-26-5-3-4-6-31(26)47-38(51)57/h3-6,19-20,25,27-28,32H,7-18,21-23,46H2,1-2H3,(H,47,57)/t27-,32?/m1/s1. The molecule has 1 spiro atoms. The van der Waals surface area contributed by atoms with Crippen LogP contribution in [0.1, 0.15) is 55.2 Å². The number of amides is 5. The molecule has 3 N–H and O–H groups in total. The molecule has 5 aliphatic rings. The zero-order chi connectivity index (χ0) is 43.1. The Hall–Kier alpha value is -4.94. The average Bonchev–Trinajstić information content (AvgIpc) is 3.79. The number of ether oxygens (including phenoxy) is 1. The van der Waals surface area contributed by atoms with E-state index in [1.165, 1.54) is 9.80 Å². The molecule has 1 saturated carbocycles. The zero-order valence-corrected chi connectivity index (χ0v) is 34.2. The Morgan fingerprint density at radius 2 is 1.62 bits per heavy atom. The van der Waals surface area contributed by atoms with Crippen LogP contribution < -0.4 is 11.1 Å². The van der Waals surface area contributed by atoms with Gasteiger partial charge >= 0.3 is 18.3 Å². The van der Waals surface area contributed by atoms with Gasteiger partial charge in [-0.1, -0.05) is 29.8 Å². The number of hydrogen-bond donors (Lipinski definition) is 2. The van der Waals surface area contributed by atoms with Crippen molar-refractivity contribution in [2.24, 2.45) is 11.8 Å². The Labute approximate surface area is 350 Å². The fourth-order valence-electron chi connectivity index (χ4n) is 9.11. The molecular formula is C41H49ClF3N7O8. The number of benzene rings is 2. The van der Waals surface area contributed by atoms with E-state index >= 15 is 0 Å². The molecule has 1 aliphatic carbocycles. The van der Waals surface area contributed by atoms with Crippen LogP contribution in [0.2, 0.25) is 5.02 Å². The number of nitrogens with zero attached hydrogens (tertiary/aromatic N) is 5. The van der Waals surface area contributed by atoms with Gasteiger partial charge in [0.2, 0.25) is 17.5 Å². The van der Waals surface area contributed by atoms with Crippen molar-refractivity contribution < 1.29 is 51.5 Å². The topological polar surface area (TPSA) is 175 Å². The average molecular weight is 860 g/mol. The van der Waals surface area contributed by atoms with Crippen molar-refractivity contribution in [3.63, 3.8) is 0 Å². The van der Waals surface area contributed by atoms with Gasteiger partial charge in [-0.15, -0.1) is 0 Å². The van der Waals surface area contributed by atoms with Crippen molar-refractivity contribution in [2.75, 3.05) is 71.0 Å². The van der Waals surface area contributed by atoms with Crippen LogP contribution in [0, 0.1) is 11.8 Å². The molecule has 5 amide bonds. The molecule has 324 valence electrons. The van der Waals surface area contributed by atoms with E-state index in [0.717, 1.165) is 28.3 Å². The summed E-state index contributed by atoms with van der Waals surface area (Å²) >= 11 is 6.14. The number of likely N-dealkylation sites (tertiary alicyclic amines) is 2. The number of ketones is 2. The maximum Gasteiger partial charge on any atom is 0.418 e. The number of para-hydroxylation sites is 1. The van der Waals surface area contributed by atoms with Crippen LogP contribution in [0.25, 0.3) is 0 Å². The summed E-state index contributed by atoms with van der Waals surface area (Å²) in [5.74, 6) is -2.57. The quantitative estimate of drug-likeness (QED) is 0.209. The second-order valence-corrected chi connectivity index (χ2v) is 16.9. The second-order valence-electron chi connectivity index (χ2n) is 16.5. The number of anilines is 2. The smallest absolute Gasteiger partial charge is 0.418 e. The molecule has 4 heterocycles. The SMILES string of the molecule is CN(C)C(=O)CON1CCC([C@@H]2CCN(C(=O)C(Cc3cc(Cl)c(N)c(C(F)(F)F)c3)OC(=O)N3CCC(N4CCc5ccccc5NC4=O)CC3)C3(C2)C(=O)C3=O)CC1. The lowest BCUT2D eigenvalue weighted by Gasteiger charge is -2.43. The normalized spacial score (nSPS) is 21.9. The third kappa shape index (κ3) is 8.77. The number of nitrogen functional groups attached to an aromatic ring is 1. The van der Waals surface area contributed by atoms with Crippen LogP contribution in [0.4, 0.5) is 34.1 Å². The number of rotatable bonds is 9. The van der Waals surface area contributed by atoms with Crippen molar-refractivity contribution in [2.45, 2.75) is 75.2 Å². The molecule has 1 unspecified atom stereocenters. The number of hydroxylamine groups is 2. The number of hydrogen-bond acceptors (Lipinski definition) is 10. The van der Waals surface area contributed by atoms with E-state index in [1.807, 2.05) is 24.3 Å². The lowest BCUT2D eigenvalue weighted by Crippen LogP contribution is -2.56. The number of alkyl halides is 3. The summed E-state index contributed by atoms with van der Waals surface area (Å²) in [6.07, 6.45) is -4.80. The van der Waals surface area contributed by atoms with Crippen molar-refractivity contribution in [3.05, 3.63) is 58.1 Å². The Balaban J connectivity index is 1.05. The molecular weight excluding hydrogens is 811 g/mol. The lowest BCUT2D eigenvalue weighted by atomic mass is 9.75. The second kappa shape index (κ2) is 17.2. The Morgan fingerprint density at radius 3 is 2.27 bits per heavy atom. The number of urea groups is 1. The maximum absolute atomic E-state index is 14.6. The van der Waals surface area contributed by atoms with Crippen LogP contribution in [0.15, 0.2) is 36.4 Å². The highest BCUT2D eigenvalue weighted by Gasteiger charge is 2.72. The first-order chi connectivity index (χ1) is 28.5. The molecule has 0 radical (unpaired) electrons. The van der Waals surface area contributed by atoms with E-state index in [9.17, 15) is 41.9 Å². The third-order valence-corrected chi connectivity index (χ3v) is 13.0. The van der Waals surface area contributed by atoms with E-state index in [2.05, 4.69) is 5.32 Å². The molecule has 7 rings (SSSR count). The molecule has 2 aromatic rings. The largest absolute Gasteiger partial charge is 0.436 e. The highest BCUT2D eigenvalue weighted by atomic mass is 35.5. The maximum atomic E-state index is 14.6. The summed E-state index contributed by atoms with van der Waals surface area (Å²) < 4.78 is 47.9. The number of likely N-dealkylation sites (N-methyl/N-ethyl adjacent to an activating group) is 1. The first kappa shape index (κ1) is 43.2. The first-order valence-electron chi connectivity index (χ1n) is 20.2. The predicted molar refractivity (Wildman–Crippen MR) is 211 cm³/mol. The van der Waals surface area contributed by atoms with Crippen LogP contribution in [-0.4, -0.2) is 138 Å². The van der Waals surface area contributed by atoms with Gasteiger partial charge in [-0.3, -0.25) is 24.0 Å². The lowest BCUT2D eigenvalue weighted by molar-refractivity contribution is -0.187. The molecule has 15 nitrogen and oxygen atoms in total. The zero-order valence-electron chi connectivity index (χ0n) is 33.5. The van der Waals surface area contributed by atoms with E-state index in [-0.39, 0.29) is 68.0 Å². The van der Waals surface area contributed by atoms with Gasteiger partial charge in [0.15, 0.2) is 11.6 Å². The summed E-state index contributed by atoms with van der Waals surface area (Å²) in [5.41, 5.74) is 3.64. The van der Waals surface area contributed by atoms with Gasteiger partial charge in [0, 0.05) is 71.5 Å². The number of Topliss-reactive ketones (excluding diaryl/α,β-unsaturated/α-hetero) is 2. The molecule has 3 saturated heterocycles. The predicted octanol–water partition coefficient (Wildman–Crippen LogP) is 4.40. The van der Waals surface area contributed by atoms with Crippen LogP contribution in [0.5, 0.6) is 0 Å². The summed E-state index contributed by atoms with van der Waals surface area (Å²) in [6.45, 7) is 1.73. The van der Waals surface area contributed by atoms with Gasteiger partial charge in [0.25, 0.3) is 5.91 Å². The fraction of sp³-hybridized carbons (Fsp3) is 0.561. The van der Waals surface area contributed by atoms with Gasteiger partial charge in [-0.25, -0.2) is 9.59 Å². The van der Waals surface area contributed by atoms with Crippen molar-refractivity contribution >= 4 is 58.5 Å². The first-order valence-corrected chi connectivity index (χ1v) is 20.6. The number of fused-ring (bicyclic) bond motifs is 1. The number of halogens is 4. The van der Waals surface area contributed by atoms with Crippen molar-refractivity contribution in [1.29, 1.82) is 0 Å². The van der Waals surface area contributed by atoms with E-state index in [4.69, 9.17) is 26.9 Å². The summed E-state index contributed by atoms with van der Waals surface area (Å²) in [5, 5.41) is 4.27. The van der Waals surface area contributed by atoms with Crippen LogP contribution >= 0.6 is 11.6 Å². The molecule has 0 aromatic heterocycles. The third-order valence-electron chi connectivity index (χ3n) is 12.7. The van der Waals surface area contributed by atoms with E-state index < -0.39 is 64.1 Å². The fourth-order valence-corrected chi connectivity index (χ4v) is 9.35. The molecule has 19 heteroatoms. The molecule has 4 fully saturated rings.